The van der Waals surface area contributed by atoms with Crippen LogP contribution >= 0.6 is 0 Å². The third kappa shape index (κ3) is 14.4. The second-order valence-electron chi connectivity index (χ2n) is 5.95. The zero-order valence-corrected chi connectivity index (χ0v) is 13.1. The highest BCUT2D eigenvalue weighted by Gasteiger charge is 2.33. The number of halogens is 6. The quantitative estimate of drug-likeness (QED) is 0.396. The second kappa shape index (κ2) is 9.60. The van der Waals surface area contributed by atoms with Gasteiger partial charge in [0.05, 0.1) is 0 Å². The fourth-order valence-corrected chi connectivity index (χ4v) is 1.88. The van der Waals surface area contributed by atoms with Gasteiger partial charge >= 0.3 is 12.4 Å². The molecule has 0 aromatic heterocycles. The standard InChI is InChI=1S/C14H24F6O2/c1-10(2)5-4-6-11(3)7-12(21-8-13(15,16)17)22-9-14(18,19)20/h10-12H,4-9H2,1-3H3/t11-/m1/s1. The molecule has 0 N–H and O–H groups in total. The molecule has 0 amide bonds. The van der Waals surface area contributed by atoms with Gasteiger partial charge in [-0.25, -0.2) is 0 Å². The molecular weight excluding hydrogens is 314 g/mol. The van der Waals surface area contributed by atoms with E-state index in [4.69, 9.17) is 0 Å². The highest BCUT2D eigenvalue weighted by molar-refractivity contribution is 4.60. The molecule has 0 bridgehead atoms. The van der Waals surface area contributed by atoms with Crippen molar-refractivity contribution in [2.24, 2.45) is 11.8 Å². The van der Waals surface area contributed by atoms with Crippen LogP contribution in [0.1, 0.15) is 46.5 Å². The van der Waals surface area contributed by atoms with Gasteiger partial charge in [0, 0.05) is 6.42 Å². The fraction of sp³-hybridized carbons (Fsp3) is 1.00. The first kappa shape index (κ1) is 21.5. The van der Waals surface area contributed by atoms with Crippen molar-refractivity contribution in [3.63, 3.8) is 0 Å². The lowest BCUT2D eigenvalue weighted by Gasteiger charge is -2.23. The molecule has 0 saturated heterocycles. The van der Waals surface area contributed by atoms with Gasteiger partial charge in [-0.1, -0.05) is 40.0 Å². The summed E-state index contributed by atoms with van der Waals surface area (Å²) in [7, 11) is 0. The summed E-state index contributed by atoms with van der Waals surface area (Å²) in [5, 5.41) is 0. The molecule has 8 heteroatoms. The predicted octanol–water partition coefficient (Wildman–Crippen LogP) is 5.32. The van der Waals surface area contributed by atoms with E-state index in [2.05, 4.69) is 9.47 Å². The van der Waals surface area contributed by atoms with Crippen LogP contribution < -0.4 is 0 Å². The van der Waals surface area contributed by atoms with Gasteiger partial charge in [-0.2, -0.15) is 26.3 Å². The Kier molecular flexibility index (Phi) is 9.38. The maximum absolute atomic E-state index is 12.1. The summed E-state index contributed by atoms with van der Waals surface area (Å²) in [4.78, 5) is 0. The summed E-state index contributed by atoms with van der Waals surface area (Å²) >= 11 is 0. The monoisotopic (exact) mass is 338 g/mol. The van der Waals surface area contributed by atoms with Crippen LogP contribution in [0.2, 0.25) is 0 Å². The maximum Gasteiger partial charge on any atom is 0.411 e. The first-order chi connectivity index (χ1) is 9.89. The van der Waals surface area contributed by atoms with Crippen molar-refractivity contribution in [1.29, 1.82) is 0 Å². The molecule has 0 aliphatic rings. The highest BCUT2D eigenvalue weighted by Crippen LogP contribution is 2.23. The minimum absolute atomic E-state index is 0.00422. The van der Waals surface area contributed by atoms with E-state index in [9.17, 15) is 26.3 Å². The molecule has 0 radical (unpaired) electrons. The number of ether oxygens (including phenoxy) is 2. The normalized spacial score (nSPS) is 14.9. The average molecular weight is 338 g/mol. The lowest BCUT2D eigenvalue weighted by molar-refractivity contribution is -0.262. The molecule has 0 spiro atoms. The van der Waals surface area contributed by atoms with Gasteiger partial charge in [0.15, 0.2) is 6.29 Å². The third-order valence-electron chi connectivity index (χ3n) is 2.94. The number of rotatable bonds is 10. The number of alkyl halides is 6. The molecule has 0 saturated carbocycles. The highest BCUT2D eigenvalue weighted by atomic mass is 19.4. The molecule has 0 aromatic rings. The Morgan fingerprint density at radius 3 is 1.59 bits per heavy atom. The molecule has 0 aliphatic heterocycles. The number of hydrogen-bond acceptors (Lipinski definition) is 2. The van der Waals surface area contributed by atoms with Crippen LogP contribution in [-0.4, -0.2) is 31.9 Å². The van der Waals surface area contributed by atoms with Gasteiger partial charge in [0.25, 0.3) is 0 Å². The lowest BCUT2D eigenvalue weighted by Crippen LogP contribution is -2.30. The number of hydrogen-bond donors (Lipinski definition) is 0. The molecular formula is C14H24F6O2. The third-order valence-corrected chi connectivity index (χ3v) is 2.94. The van der Waals surface area contributed by atoms with Crippen molar-refractivity contribution in [3.8, 4) is 0 Å². The van der Waals surface area contributed by atoms with E-state index in [1.165, 1.54) is 0 Å². The smallest absolute Gasteiger partial charge is 0.343 e. The zero-order chi connectivity index (χ0) is 17.4. The molecule has 0 aromatic carbocycles. The van der Waals surface area contributed by atoms with Gasteiger partial charge in [0.2, 0.25) is 0 Å². The Morgan fingerprint density at radius 1 is 0.773 bits per heavy atom. The molecule has 0 unspecified atom stereocenters. The maximum atomic E-state index is 12.1. The van der Waals surface area contributed by atoms with E-state index < -0.39 is 31.9 Å². The van der Waals surface area contributed by atoms with E-state index >= 15 is 0 Å². The summed E-state index contributed by atoms with van der Waals surface area (Å²) in [6.07, 6.45) is -8.16. The topological polar surface area (TPSA) is 18.5 Å². The lowest BCUT2D eigenvalue weighted by atomic mass is 9.97. The summed E-state index contributed by atoms with van der Waals surface area (Å²) in [5.74, 6) is 0.427. The van der Waals surface area contributed by atoms with Crippen LogP contribution in [0.15, 0.2) is 0 Å². The molecule has 0 fully saturated rings. The molecule has 0 rings (SSSR count). The van der Waals surface area contributed by atoms with Crippen molar-refractivity contribution >= 4 is 0 Å². The Balaban J connectivity index is 4.31. The van der Waals surface area contributed by atoms with E-state index in [0.29, 0.717) is 12.3 Å². The average Bonchev–Trinajstić information content (AvgIpc) is 2.30. The van der Waals surface area contributed by atoms with E-state index in [0.717, 1.165) is 12.8 Å². The Morgan fingerprint density at radius 2 is 1.23 bits per heavy atom. The van der Waals surface area contributed by atoms with Crippen molar-refractivity contribution < 1.29 is 35.8 Å². The van der Waals surface area contributed by atoms with E-state index in [1.807, 2.05) is 13.8 Å². The minimum Gasteiger partial charge on any atom is -0.343 e. The van der Waals surface area contributed by atoms with E-state index in [-0.39, 0.29) is 12.3 Å². The summed E-state index contributed by atoms with van der Waals surface area (Å²) in [6, 6.07) is 0. The summed E-state index contributed by atoms with van der Waals surface area (Å²) in [6.45, 7) is 2.63. The van der Waals surface area contributed by atoms with Crippen LogP contribution in [0.4, 0.5) is 26.3 Å². The molecule has 134 valence electrons. The van der Waals surface area contributed by atoms with Gasteiger partial charge in [-0.15, -0.1) is 0 Å². The second-order valence-corrected chi connectivity index (χ2v) is 5.95. The molecule has 2 nitrogen and oxygen atoms in total. The van der Waals surface area contributed by atoms with Crippen LogP contribution in [0.25, 0.3) is 0 Å². The Hall–Kier alpha value is -0.500. The van der Waals surface area contributed by atoms with Crippen molar-refractivity contribution in [1.82, 2.24) is 0 Å². The Bertz CT molecular complexity index is 270. The predicted molar refractivity (Wildman–Crippen MR) is 70.3 cm³/mol. The Labute approximate surface area is 127 Å². The largest absolute Gasteiger partial charge is 0.411 e. The first-order valence-corrected chi connectivity index (χ1v) is 7.25. The zero-order valence-electron chi connectivity index (χ0n) is 13.1. The molecule has 1 atom stereocenters. The van der Waals surface area contributed by atoms with Crippen molar-refractivity contribution in [2.45, 2.75) is 65.1 Å². The first-order valence-electron chi connectivity index (χ1n) is 7.25. The minimum atomic E-state index is -4.60. The summed E-state index contributed by atoms with van der Waals surface area (Å²) < 4.78 is 81.6. The molecule has 22 heavy (non-hydrogen) atoms. The van der Waals surface area contributed by atoms with Gasteiger partial charge in [0.1, 0.15) is 13.2 Å². The van der Waals surface area contributed by atoms with Crippen LogP contribution in [-0.2, 0) is 9.47 Å². The summed E-state index contributed by atoms with van der Waals surface area (Å²) in [5.41, 5.74) is 0. The van der Waals surface area contributed by atoms with Crippen LogP contribution in [0.3, 0.4) is 0 Å². The van der Waals surface area contributed by atoms with Gasteiger partial charge in [-0.3, -0.25) is 0 Å². The van der Waals surface area contributed by atoms with Crippen molar-refractivity contribution in [2.75, 3.05) is 13.2 Å². The van der Waals surface area contributed by atoms with Gasteiger partial charge in [-0.05, 0) is 11.8 Å². The van der Waals surface area contributed by atoms with Crippen LogP contribution in [0.5, 0.6) is 0 Å². The van der Waals surface area contributed by atoms with Crippen molar-refractivity contribution in [3.05, 3.63) is 0 Å². The van der Waals surface area contributed by atoms with Crippen LogP contribution in [0, 0.1) is 11.8 Å². The fourth-order valence-electron chi connectivity index (χ4n) is 1.88. The molecule has 0 aliphatic carbocycles. The van der Waals surface area contributed by atoms with Gasteiger partial charge < -0.3 is 9.47 Å². The molecule has 0 heterocycles. The van der Waals surface area contributed by atoms with E-state index in [1.54, 1.807) is 6.92 Å². The SMILES string of the molecule is CC(C)CCC[C@@H](C)CC(OCC(F)(F)F)OCC(F)(F)F.